The minimum Gasteiger partial charge on any atom is -0.350 e. The fourth-order valence-corrected chi connectivity index (χ4v) is 6.18. The molecule has 0 saturated heterocycles. The number of rotatable bonds is 5. The number of amidine groups is 1. The highest BCUT2D eigenvalue weighted by molar-refractivity contribution is 6.10. The molecule has 0 bridgehead atoms. The summed E-state index contributed by atoms with van der Waals surface area (Å²) in [6, 6.07) is 55.7. The Balaban J connectivity index is 1.27. The fraction of sp³-hybridized carbons (Fsp3) is 0.0513. The van der Waals surface area contributed by atoms with Crippen LogP contribution in [0.1, 0.15) is 29.0 Å². The summed E-state index contributed by atoms with van der Waals surface area (Å²) in [7, 11) is 0. The molecule has 0 aliphatic carbocycles. The standard InChI is InChI=1S/C39H30N4/c1-4-13-27(14-5-1)30-23-24-34-33-21-10-11-22-35(33)43(36(34)26-30)32-20-12-19-31(25-32)39-41-37(28-15-6-2-7-16-28)40-38(42-39)29-17-8-3-9-18-29/h1-26,37,39,41H,(H,40,42). The predicted molar refractivity (Wildman–Crippen MR) is 177 cm³/mol. The van der Waals surface area contributed by atoms with Crippen LogP contribution in [0.2, 0.25) is 0 Å². The maximum atomic E-state index is 5.18. The minimum atomic E-state index is -0.227. The summed E-state index contributed by atoms with van der Waals surface area (Å²) in [4.78, 5) is 5.18. The summed E-state index contributed by atoms with van der Waals surface area (Å²) in [6.07, 6.45) is -0.307. The maximum Gasteiger partial charge on any atom is 0.131 e. The first kappa shape index (κ1) is 25.3. The molecule has 0 radical (unpaired) electrons. The van der Waals surface area contributed by atoms with Gasteiger partial charge in [0.2, 0.25) is 0 Å². The molecule has 2 N–H and O–H groups in total. The Hall–Kier alpha value is -5.45. The molecule has 0 spiro atoms. The lowest BCUT2D eigenvalue weighted by Crippen LogP contribution is -2.44. The van der Waals surface area contributed by atoms with Crippen LogP contribution >= 0.6 is 0 Å². The van der Waals surface area contributed by atoms with Crippen LogP contribution in [0, 0.1) is 0 Å². The summed E-state index contributed by atoms with van der Waals surface area (Å²) in [5, 5.41) is 9.88. The van der Waals surface area contributed by atoms with E-state index < -0.39 is 0 Å². The molecular formula is C39H30N4. The molecule has 1 aliphatic heterocycles. The Labute approximate surface area is 251 Å². The van der Waals surface area contributed by atoms with Gasteiger partial charge >= 0.3 is 0 Å². The number of fused-ring (bicyclic) bond motifs is 3. The number of nitrogens with one attached hydrogen (secondary N) is 2. The number of para-hydroxylation sites is 1. The van der Waals surface area contributed by atoms with E-state index >= 15 is 0 Å². The van der Waals surface area contributed by atoms with E-state index in [1.54, 1.807) is 0 Å². The van der Waals surface area contributed by atoms with E-state index in [2.05, 4.69) is 167 Å². The molecule has 206 valence electrons. The third kappa shape index (κ3) is 4.68. The van der Waals surface area contributed by atoms with E-state index in [4.69, 9.17) is 4.99 Å². The second-order valence-electron chi connectivity index (χ2n) is 10.9. The number of hydrogen-bond donors (Lipinski definition) is 2. The van der Waals surface area contributed by atoms with Crippen LogP contribution in [0.3, 0.4) is 0 Å². The minimum absolute atomic E-state index is 0.0794. The highest BCUT2D eigenvalue weighted by Gasteiger charge is 2.25. The first-order valence-corrected chi connectivity index (χ1v) is 14.7. The van der Waals surface area contributed by atoms with E-state index in [-0.39, 0.29) is 12.3 Å². The van der Waals surface area contributed by atoms with E-state index in [0.29, 0.717) is 0 Å². The molecule has 2 heterocycles. The van der Waals surface area contributed by atoms with Crippen molar-refractivity contribution in [1.82, 2.24) is 15.2 Å². The summed E-state index contributed by atoms with van der Waals surface area (Å²) in [6.45, 7) is 0. The van der Waals surface area contributed by atoms with Crippen LogP contribution in [0.25, 0.3) is 38.6 Å². The Kier molecular flexibility index (Phi) is 6.32. The van der Waals surface area contributed by atoms with Crippen LogP contribution in [-0.4, -0.2) is 10.4 Å². The van der Waals surface area contributed by atoms with Gasteiger partial charge in [-0.05, 0) is 46.5 Å². The van der Waals surface area contributed by atoms with Crippen LogP contribution in [0.5, 0.6) is 0 Å². The molecule has 6 aromatic carbocycles. The van der Waals surface area contributed by atoms with E-state index in [1.807, 2.05) is 6.07 Å². The number of aromatic nitrogens is 1. The summed E-state index contributed by atoms with van der Waals surface area (Å²) in [5.74, 6) is 0.882. The molecule has 4 nitrogen and oxygen atoms in total. The van der Waals surface area contributed by atoms with Gasteiger partial charge in [0.15, 0.2) is 0 Å². The molecular weight excluding hydrogens is 524 g/mol. The predicted octanol–water partition coefficient (Wildman–Crippen LogP) is 8.79. The van der Waals surface area contributed by atoms with Crippen LogP contribution in [0.4, 0.5) is 0 Å². The quantitative estimate of drug-likeness (QED) is 0.223. The van der Waals surface area contributed by atoms with Gasteiger partial charge < -0.3 is 9.88 Å². The van der Waals surface area contributed by atoms with Crippen molar-refractivity contribution in [3.63, 3.8) is 0 Å². The lowest BCUT2D eigenvalue weighted by molar-refractivity contribution is 0.409. The molecule has 0 fully saturated rings. The number of benzene rings is 6. The first-order chi connectivity index (χ1) is 21.3. The molecule has 2 unspecified atom stereocenters. The van der Waals surface area contributed by atoms with Crippen molar-refractivity contribution < 1.29 is 0 Å². The van der Waals surface area contributed by atoms with Gasteiger partial charge in [0.1, 0.15) is 18.2 Å². The molecule has 0 saturated carbocycles. The second-order valence-corrected chi connectivity index (χ2v) is 10.9. The monoisotopic (exact) mass is 554 g/mol. The van der Waals surface area contributed by atoms with Gasteiger partial charge in [-0.25, -0.2) is 4.99 Å². The molecule has 8 rings (SSSR count). The third-order valence-corrected chi connectivity index (χ3v) is 8.27. The van der Waals surface area contributed by atoms with Gasteiger partial charge in [0.05, 0.1) is 11.0 Å². The zero-order valence-corrected chi connectivity index (χ0v) is 23.6. The van der Waals surface area contributed by atoms with Crippen molar-refractivity contribution in [3.05, 3.63) is 174 Å². The highest BCUT2D eigenvalue weighted by Crippen LogP contribution is 2.36. The molecule has 7 aromatic rings. The fourth-order valence-electron chi connectivity index (χ4n) is 6.18. The zero-order chi connectivity index (χ0) is 28.6. The Morgan fingerprint density at radius 1 is 0.488 bits per heavy atom. The van der Waals surface area contributed by atoms with Gasteiger partial charge in [0.25, 0.3) is 0 Å². The first-order valence-electron chi connectivity index (χ1n) is 14.7. The van der Waals surface area contributed by atoms with Crippen molar-refractivity contribution in [2.45, 2.75) is 12.3 Å². The normalized spacial score (nSPS) is 16.6. The van der Waals surface area contributed by atoms with E-state index in [9.17, 15) is 0 Å². The Morgan fingerprint density at radius 2 is 1.14 bits per heavy atom. The summed E-state index contributed by atoms with van der Waals surface area (Å²) >= 11 is 0. The summed E-state index contributed by atoms with van der Waals surface area (Å²) < 4.78 is 2.39. The molecule has 2 atom stereocenters. The molecule has 1 aliphatic rings. The molecule has 1 aromatic heterocycles. The van der Waals surface area contributed by atoms with Gasteiger partial charge in [-0.2, -0.15) is 0 Å². The lowest BCUT2D eigenvalue weighted by atomic mass is 10.0. The SMILES string of the molecule is c1ccc(C2=NC(c3cccc(-n4c5ccccc5c5ccc(-c6ccccc6)cc54)c3)NC(c3ccccc3)N2)cc1. The number of aliphatic imine (C=N–C) groups is 1. The van der Waals surface area contributed by atoms with Crippen LogP contribution in [0.15, 0.2) is 163 Å². The number of nitrogens with zero attached hydrogens (tertiary/aromatic N) is 2. The van der Waals surface area contributed by atoms with Crippen molar-refractivity contribution in [1.29, 1.82) is 0 Å². The van der Waals surface area contributed by atoms with Gasteiger partial charge in [-0.15, -0.1) is 0 Å². The smallest absolute Gasteiger partial charge is 0.131 e. The topological polar surface area (TPSA) is 41.4 Å². The maximum absolute atomic E-state index is 5.18. The second kappa shape index (κ2) is 10.8. The van der Waals surface area contributed by atoms with Gasteiger partial charge in [-0.3, -0.25) is 5.32 Å². The van der Waals surface area contributed by atoms with E-state index in [1.165, 1.54) is 38.5 Å². The zero-order valence-electron chi connectivity index (χ0n) is 23.6. The van der Waals surface area contributed by atoms with Crippen molar-refractivity contribution >= 4 is 27.6 Å². The van der Waals surface area contributed by atoms with Crippen molar-refractivity contribution in [2.24, 2.45) is 4.99 Å². The summed E-state index contributed by atoms with van der Waals surface area (Å²) in [5.41, 5.74) is 9.26. The van der Waals surface area contributed by atoms with Crippen molar-refractivity contribution in [3.8, 4) is 16.8 Å². The molecule has 43 heavy (non-hydrogen) atoms. The number of hydrogen-bond acceptors (Lipinski definition) is 3. The highest BCUT2D eigenvalue weighted by atomic mass is 15.3. The van der Waals surface area contributed by atoms with Gasteiger partial charge in [0, 0.05) is 22.0 Å². The van der Waals surface area contributed by atoms with Crippen LogP contribution < -0.4 is 10.6 Å². The molecule has 4 heteroatoms. The third-order valence-electron chi connectivity index (χ3n) is 8.27. The van der Waals surface area contributed by atoms with Crippen LogP contribution in [-0.2, 0) is 0 Å². The largest absolute Gasteiger partial charge is 0.350 e. The lowest BCUT2D eigenvalue weighted by Gasteiger charge is -2.32. The van der Waals surface area contributed by atoms with E-state index in [0.717, 1.165) is 22.6 Å². The average molecular weight is 555 g/mol. The van der Waals surface area contributed by atoms with Crippen molar-refractivity contribution in [2.75, 3.05) is 0 Å². The Morgan fingerprint density at radius 3 is 1.93 bits per heavy atom. The average Bonchev–Trinajstić information content (AvgIpc) is 3.43. The van der Waals surface area contributed by atoms with Gasteiger partial charge in [-0.1, -0.05) is 133 Å². The molecule has 0 amide bonds. The Bertz CT molecular complexity index is 2080.